The van der Waals surface area contributed by atoms with Crippen LogP contribution in [0.5, 0.6) is 0 Å². The smallest absolute Gasteiger partial charge is 0.306 e. The van der Waals surface area contributed by atoms with E-state index in [1.54, 1.807) is 0 Å². The molecule has 8 nitrogen and oxygen atoms in total. The number of aromatic amines is 2. The number of nitrogens with zero attached hydrogens (tertiary/aromatic N) is 4. The van der Waals surface area contributed by atoms with E-state index in [1.165, 1.54) is 48.5 Å². The van der Waals surface area contributed by atoms with E-state index < -0.39 is 0 Å². The Hall–Kier alpha value is -6.50. The lowest BCUT2D eigenvalue weighted by molar-refractivity contribution is 0.183. The highest BCUT2D eigenvalue weighted by Crippen LogP contribution is 2.33. The third-order valence-electron chi connectivity index (χ3n) is 14.1. The summed E-state index contributed by atoms with van der Waals surface area (Å²) in [6.45, 7) is 5.74. The van der Waals surface area contributed by atoms with Crippen molar-refractivity contribution >= 4 is 22.1 Å². The number of imidazole rings is 2. The number of benzene rings is 6. The number of halogens is 4. The number of para-hydroxylation sites is 4. The van der Waals surface area contributed by atoms with E-state index in [4.69, 9.17) is 0 Å². The van der Waals surface area contributed by atoms with E-state index in [0.717, 1.165) is 135 Å². The third-order valence-corrected chi connectivity index (χ3v) is 14.1. The zero-order valence-corrected chi connectivity index (χ0v) is 38.2. The maximum Gasteiger partial charge on any atom is 0.326 e. The van der Waals surface area contributed by atoms with Crippen LogP contribution in [0, 0.1) is 23.3 Å². The molecule has 2 aliphatic heterocycles. The summed E-state index contributed by atoms with van der Waals surface area (Å²) in [5.74, 6) is -0.804. The monoisotopic (exact) mass is 922 g/mol. The van der Waals surface area contributed by atoms with Crippen molar-refractivity contribution in [1.82, 2.24) is 28.9 Å². The van der Waals surface area contributed by atoms with Gasteiger partial charge in [-0.3, -0.25) is 9.13 Å². The molecule has 2 fully saturated rings. The second-order valence-corrected chi connectivity index (χ2v) is 18.4. The zero-order chi connectivity index (χ0) is 47.0. The lowest BCUT2D eigenvalue weighted by Gasteiger charge is -2.32. The van der Waals surface area contributed by atoms with Gasteiger partial charge in [0.05, 0.1) is 22.1 Å². The molecule has 12 heteroatoms. The van der Waals surface area contributed by atoms with Gasteiger partial charge in [0.25, 0.3) is 0 Å². The maximum absolute atomic E-state index is 13.5. The van der Waals surface area contributed by atoms with Crippen LogP contribution in [0.4, 0.5) is 17.6 Å². The molecule has 0 spiro atoms. The number of H-pyrrole nitrogens is 2. The maximum atomic E-state index is 13.5. The van der Waals surface area contributed by atoms with Gasteiger partial charge in [-0.25, -0.2) is 27.2 Å². The number of hydrogen-bond donors (Lipinski definition) is 2. The van der Waals surface area contributed by atoms with E-state index in [0.29, 0.717) is 0 Å². The summed E-state index contributed by atoms with van der Waals surface area (Å²) in [6, 6.07) is 42.7. The number of nitrogens with one attached hydrogen (secondary N) is 2. The average molecular weight is 923 g/mol. The molecular weight excluding hydrogens is 865 g/mol. The van der Waals surface area contributed by atoms with Gasteiger partial charge >= 0.3 is 11.4 Å². The van der Waals surface area contributed by atoms with Gasteiger partial charge in [-0.15, -0.1) is 0 Å². The van der Waals surface area contributed by atoms with Crippen molar-refractivity contribution in [3.8, 4) is 0 Å². The highest BCUT2D eigenvalue weighted by molar-refractivity contribution is 5.75. The first-order valence-corrected chi connectivity index (χ1v) is 24.0. The first kappa shape index (κ1) is 46.6. The number of rotatable bonds is 14. The normalized spacial score (nSPS) is 15.4. The van der Waals surface area contributed by atoms with Crippen LogP contribution < -0.4 is 11.4 Å². The van der Waals surface area contributed by atoms with Gasteiger partial charge in [-0.2, -0.15) is 0 Å². The fourth-order valence-corrected chi connectivity index (χ4v) is 10.5. The first-order valence-electron chi connectivity index (χ1n) is 24.0. The predicted octanol–water partition coefficient (Wildman–Crippen LogP) is 11.7. The minimum absolute atomic E-state index is 0.0268. The van der Waals surface area contributed by atoms with Crippen LogP contribution in [0.25, 0.3) is 22.1 Å². The summed E-state index contributed by atoms with van der Waals surface area (Å²) in [6.07, 6.45) is 7.55. The SMILES string of the molecule is O=c1[nH]c2ccccc2n1C1CCN(CCCC(c2ccc(F)cc2)c2ccc(F)cc2)CC1.O=c1[nH]c2ccccc2n1C1CCN(CCCC(c2ccc(F)cc2)c2ccc(F)cc2)CC1. The van der Waals surface area contributed by atoms with E-state index >= 15 is 0 Å². The summed E-state index contributed by atoms with van der Waals surface area (Å²) >= 11 is 0. The number of likely N-dealkylation sites (tertiary alicyclic amines) is 2. The average Bonchev–Trinajstić information content (AvgIpc) is 3.88. The van der Waals surface area contributed by atoms with Crippen molar-refractivity contribution in [3.63, 3.8) is 0 Å². The molecule has 2 aromatic heterocycles. The Bertz CT molecular complexity index is 2690. The van der Waals surface area contributed by atoms with Crippen LogP contribution in [-0.4, -0.2) is 68.2 Å². The summed E-state index contributed by atoms with van der Waals surface area (Å²) in [5.41, 5.74) is 7.87. The highest BCUT2D eigenvalue weighted by atomic mass is 19.1. The second kappa shape index (κ2) is 21.6. The van der Waals surface area contributed by atoms with Crippen LogP contribution in [0.1, 0.15) is 97.5 Å². The molecule has 0 unspecified atom stereocenters. The Morgan fingerprint density at radius 2 is 0.721 bits per heavy atom. The number of hydrogen-bond acceptors (Lipinski definition) is 4. The fourth-order valence-electron chi connectivity index (χ4n) is 10.5. The van der Waals surface area contributed by atoms with Crippen molar-refractivity contribution in [2.75, 3.05) is 39.3 Å². The molecule has 4 heterocycles. The number of aromatic nitrogens is 4. The molecule has 0 bridgehead atoms. The molecule has 6 aromatic carbocycles. The molecule has 0 amide bonds. The molecule has 0 saturated carbocycles. The van der Waals surface area contributed by atoms with E-state index in [-0.39, 0.29) is 58.6 Å². The summed E-state index contributed by atoms with van der Waals surface area (Å²) in [7, 11) is 0. The predicted molar refractivity (Wildman–Crippen MR) is 262 cm³/mol. The molecule has 2 saturated heterocycles. The molecule has 10 rings (SSSR count). The molecule has 0 radical (unpaired) electrons. The van der Waals surface area contributed by atoms with Gasteiger partial charge in [0.1, 0.15) is 23.3 Å². The van der Waals surface area contributed by atoms with Crippen LogP contribution in [-0.2, 0) is 0 Å². The highest BCUT2D eigenvalue weighted by Gasteiger charge is 2.26. The summed E-state index contributed by atoms with van der Waals surface area (Å²) < 4.78 is 57.7. The van der Waals surface area contributed by atoms with E-state index in [1.807, 2.05) is 106 Å². The summed E-state index contributed by atoms with van der Waals surface area (Å²) in [4.78, 5) is 35.9. The largest absolute Gasteiger partial charge is 0.326 e. The molecule has 2 aliphatic rings. The van der Waals surface area contributed by atoms with Gasteiger partial charge in [0.2, 0.25) is 0 Å². The van der Waals surface area contributed by atoms with E-state index in [2.05, 4.69) is 19.8 Å². The first-order chi connectivity index (χ1) is 33.2. The Morgan fingerprint density at radius 1 is 0.426 bits per heavy atom. The summed E-state index contributed by atoms with van der Waals surface area (Å²) in [5, 5.41) is 0. The minimum atomic E-state index is -0.251. The molecular formula is C56H58F4N6O2. The van der Waals surface area contributed by atoms with Crippen molar-refractivity contribution in [2.24, 2.45) is 0 Å². The van der Waals surface area contributed by atoms with Gasteiger partial charge < -0.3 is 19.8 Å². The molecule has 8 aromatic rings. The van der Waals surface area contributed by atoms with Crippen LogP contribution in [0.2, 0.25) is 0 Å². The molecule has 352 valence electrons. The van der Waals surface area contributed by atoms with Crippen molar-refractivity contribution < 1.29 is 17.6 Å². The third kappa shape index (κ3) is 11.1. The van der Waals surface area contributed by atoms with E-state index in [9.17, 15) is 27.2 Å². The molecule has 68 heavy (non-hydrogen) atoms. The molecule has 0 aliphatic carbocycles. The number of piperidine rings is 2. The number of fused-ring (bicyclic) bond motifs is 2. The molecule has 2 N–H and O–H groups in total. The van der Waals surface area contributed by atoms with Gasteiger partial charge in [-0.1, -0.05) is 72.8 Å². The lowest BCUT2D eigenvalue weighted by Crippen LogP contribution is -2.37. The Labute approximate surface area is 393 Å². The van der Waals surface area contributed by atoms with Crippen LogP contribution in [0.15, 0.2) is 155 Å². The zero-order valence-electron chi connectivity index (χ0n) is 38.2. The lowest BCUT2D eigenvalue weighted by atomic mass is 9.87. The standard InChI is InChI=1S/2C28H29F2N3O/c2*29-22-11-7-20(8-12-22)25(21-9-13-23(30)14-10-21)4-3-17-32-18-15-24(16-19-32)33-27-6-2-1-5-26(27)31-28(33)34/h2*1-2,5-14,24-25H,3-4,15-19H2,(H,31,34). The minimum Gasteiger partial charge on any atom is -0.306 e. The Morgan fingerprint density at radius 3 is 1.03 bits per heavy atom. The van der Waals surface area contributed by atoms with Crippen LogP contribution in [0.3, 0.4) is 0 Å². The van der Waals surface area contributed by atoms with Gasteiger partial charge in [0, 0.05) is 50.1 Å². The quantitative estimate of drug-likeness (QED) is 0.106. The van der Waals surface area contributed by atoms with Crippen molar-refractivity contribution in [2.45, 2.75) is 75.3 Å². The Kier molecular flexibility index (Phi) is 14.8. The topological polar surface area (TPSA) is 82.1 Å². The molecule has 0 atom stereocenters. The van der Waals surface area contributed by atoms with Crippen LogP contribution >= 0.6 is 0 Å². The van der Waals surface area contributed by atoms with Gasteiger partial charge in [-0.05, 0) is 160 Å². The van der Waals surface area contributed by atoms with Crippen molar-refractivity contribution in [1.29, 1.82) is 0 Å². The van der Waals surface area contributed by atoms with Gasteiger partial charge in [0.15, 0.2) is 0 Å². The Balaban J connectivity index is 0.000000170. The fraction of sp³-hybridized carbons (Fsp3) is 0.321. The van der Waals surface area contributed by atoms with Crippen molar-refractivity contribution in [3.05, 3.63) is 212 Å². The second-order valence-electron chi connectivity index (χ2n) is 18.4.